The van der Waals surface area contributed by atoms with Crippen LogP contribution in [0.15, 0.2) is 59.4 Å². The Morgan fingerprint density at radius 3 is 2.17 bits per heavy atom. The third-order valence-corrected chi connectivity index (χ3v) is 6.86. The Morgan fingerprint density at radius 2 is 1.56 bits per heavy atom. The van der Waals surface area contributed by atoms with Crippen molar-refractivity contribution in [2.24, 2.45) is 14.1 Å². The summed E-state index contributed by atoms with van der Waals surface area (Å²) in [6, 6.07) is 12.2. The average Bonchev–Trinajstić information content (AvgIpc) is 3.02. The Kier molecular flexibility index (Phi) is 6.47. The van der Waals surface area contributed by atoms with Gasteiger partial charge in [-0.1, -0.05) is 42.8 Å². The monoisotopic (exact) mass is 520 g/mol. The zero-order valence-corrected chi connectivity index (χ0v) is 20.2. The highest BCUT2D eigenvalue weighted by molar-refractivity contribution is 6.31. The van der Waals surface area contributed by atoms with Gasteiger partial charge in [0, 0.05) is 19.1 Å². The number of aromatic nitrogens is 2. The number of hydrogen-bond acceptors (Lipinski definition) is 2. The van der Waals surface area contributed by atoms with E-state index in [2.05, 4.69) is 0 Å². The molecule has 1 aromatic heterocycles. The summed E-state index contributed by atoms with van der Waals surface area (Å²) in [6.45, 7) is 1.42. The maximum atomic E-state index is 14.4. The smallest absolute Gasteiger partial charge is 0.396 e. The molecule has 4 rings (SSSR count). The standard InChI is InChI=1S/C26H21ClF4N2O3/c1-13(17-7-4-15(11-19(17)27)14-5-8-20(28)18(10-14)24(34)35)23(26(29,30)31)16-6-9-21-22(12-16)33(3)25(36)32(21)2/h4-13,23H,1-3H3,(H,34,35). The van der Waals surface area contributed by atoms with Gasteiger partial charge >= 0.3 is 17.8 Å². The Hall–Kier alpha value is -3.59. The van der Waals surface area contributed by atoms with E-state index in [1.165, 1.54) is 65.6 Å². The zero-order chi connectivity index (χ0) is 26.5. The molecule has 1 heterocycles. The van der Waals surface area contributed by atoms with Crippen LogP contribution in [0.3, 0.4) is 0 Å². The van der Waals surface area contributed by atoms with Gasteiger partial charge in [0.2, 0.25) is 0 Å². The van der Waals surface area contributed by atoms with Crippen LogP contribution in [0.4, 0.5) is 17.6 Å². The Balaban J connectivity index is 1.77. The number of hydrogen-bond donors (Lipinski definition) is 1. The summed E-state index contributed by atoms with van der Waals surface area (Å²) in [5.41, 5.74) is 1.06. The first-order valence-corrected chi connectivity index (χ1v) is 11.2. The molecular weight excluding hydrogens is 500 g/mol. The van der Waals surface area contributed by atoms with Gasteiger partial charge in [-0.25, -0.2) is 14.0 Å². The minimum Gasteiger partial charge on any atom is -0.478 e. The molecule has 2 unspecified atom stereocenters. The van der Waals surface area contributed by atoms with Gasteiger partial charge in [0.15, 0.2) is 0 Å². The van der Waals surface area contributed by atoms with Crippen LogP contribution in [0.2, 0.25) is 5.02 Å². The lowest BCUT2D eigenvalue weighted by molar-refractivity contribution is -0.154. The second kappa shape index (κ2) is 9.13. The summed E-state index contributed by atoms with van der Waals surface area (Å²) in [5.74, 6) is -5.34. The van der Waals surface area contributed by atoms with Crippen LogP contribution in [0, 0.1) is 5.82 Å². The molecule has 36 heavy (non-hydrogen) atoms. The number of carboxylic acid groups (broad SMARTS) is 1. The van der Waals surface area contributed by atoms with Gasteiger partial charge in [-0.05, 0) is 58.5 Å². The van der Waals surface area contributed by atoms with E-state index < -0.39 is 35.4 Å². The summed E-state index contributed by atoms with van der Waals surface area (Å²) < 4.78 is 59.5. The molecule has 0 radical (unpaired) electrons. The number of fused-ring (bicyclic) bond motifs is 1. The van der Waals surface area contributed by atoms with Crippen LogP contribution in [0.1, 0.15) is 40.2 Å². The molecule has 0 aliphatic carbocycles. The fourth-order valence-corrected chi connectivity index (χ4v) is 4.96. The molecule has 0 aliphatic heterocycles. The number of aryl methyl sites for hydroxylation is 2. The second-order valence-electron chi connectivity index (χ2n) is 8.69. The molecule has 10 heteroatoms. The van der Waals surface area contributed by atoms with E-state index in [4.69, 9.17) is 16.7 Å². The van der Waals surface area contributed by atoms with Crippen molar-refractivity contribution < 1.29 is 27.5 Å². The van der Waals surface area contributed by atoms with E-state index in [-0.39, 0.29) is 21.8 Å². The van der Waals surface area contributed by atoms with Crippen LogP contribution in [-0.4, -0.2) is 26.4 Å². The van der Waals surface area contributed by atoms with Crippen LogP contribution < -0.4 is 5.69 Å². The van der Waals surface area contributed by atoms with E-state index in [1.807, 2.05) is 0 Å². The molecule has 3 aromatic carbocycles. The molecule has 1 N–H and O–H groups in total. The maximum absolute atomic E-state index is 14.4. The highest BCUT2D eigenvalue weighted by Crippen LogP contribution is 2.47. The van der Waals surface area contributed by atoms with Crippen LogP contribution >= 0.6 is 11.6 Å². The minimum atomic E-state index is -4.61. The van der Waals surface area contributed by atoms with Crippen LogP contribution in [-0.2, 0) is 14.1 Å². The highest BCUT2D eigenvalue weighted by Gasteiger charge is 2.45. The molecule has 2 atom stereocenters. The largest absolute Gasteiger partial charge is 0.478 e. The fraction of sp³-hybridized carbons (Fsp3) is 0.231. The van der Waals surface area contributed by atoms with Crippen molar-refractivity contribution >= 4 is 28.6 Å². The van der Waals surface area contributed by atoms with Gasteiger partial charge in [0.05, 0.1) is 22.5 Å². The summed E-state index contributed by atoms with van der Waals surface area (Å²) in [5, 5.41) is 9.22. The number of imidazole rings is 1. The topological polar surface area (TPSA) is 64.2 Å². The first-order chi connectivity index (χ1) is 16.8. The molecular formula is C26H21ClF4N2O3. The number of rotatable bonds is 5. The number of halogens is 5. The second-order valence-corrected chi connectivity index (χ2v) is 9.10. The summed E-state index contributed by atoms with van der Waals surface area (Å²) in [7, 11) is 3.05. The van der Waals surface area contributed by atoms with E-state index in [1.54, 1.807) is 7.05 Å². The van der Waals surface area contributed by atoms with Crippen LogP contribution in [0.5, 0.6) is 0 Å². The molecule has 0 spiro atoms. The predicted molar refractivity (Wildman–Crippen MR) is 129 cm³/mol. The first-order valence-electron chi connectivity index (χ1n) is 10.9. The Bertz CT molecular complexity index is 1560. The number of carboxylic acids is 1. The van der Waals surface area contributed by atoms with Crippen molar-refractivity contribution in [1.29, 1.82) is 0 Å². The summed E-state index contributed by atoms with van der Waals surface area (Å²) >= 11 is 6.43. The summed E-state index contributed by atoms with van der Waals surface area (Å²) in [4.78, 5) is 23.5. The molecule has 0 bridgehead atoms. The molecule has 0 saturated carbocycles. The van der Waals surface area contributed by atoms with Gasteiger partial charge in [0.1, 0.15) is 5.82 Å². The molecule has 0 saturated heterocycles. The van der Waals surface area contributed by atoms with Gasteiger partial charge in [-0.15, -0.1) is 0 Å². The van der Waals surface area contributed by atoms with Gasteiger partial charge < -0.3 is 5.11 Å². The van der Waals surface area contributed by atoms with Crippen molar-refractivity contribution in [1.82, 2.24) is 9.13 Å². The molecule has 0 aliphatic rings. The van der Waals surface area contributed by atoms with Gasteiger partial charge in [0.25, 0.3) is 0 Å². The Labute approximate surface area is 208 Å². The van der Waals surface area contributed by atoms with E-state index in [0.29, 0.717) is 22.2 Å². The quantitative estimate of drug-likeness (QED) is 0.306. The lowest BCUT2D eigenvalue weighted by Crippen LogP contribution is -2.26. The number of nitrogens with zero attached hydrogens (tertiary/aromatic N) is 2. The zero-order valence-electron chi connectivity index (χ0n) is 19.4. The molecule has 188 valence electrons. The lowest BCUT2D eigenvalue weighted by atomic mass is 9.81. The predicted octanol–water partition coefficient (Wildman–Crippen LogP) is 6.48. The normalized spacial score (nSPS) is 13.7. The SMILES string of the molecule is CC(c1ccc(-c2ccc(F)c(C(=O)O)c2)cc1Cl)C(c1ccc2c(c1)n(C)c(=O)n2C)C(F)(F)F. The average molecular weight is 521 g/mol. The third kappa shape index (κ3) is 4.39. The molecule has 4 aromatic rings. The van der Waals surface area contributed by atoms with Crippen molar-refractivity contribution in [3.05, 3.63) is 92.6 Å². The van der Waals surface area contributed by atoms with Gasteiger partial charge in [-0.2, -0.15) is 13.2 Å². The number of carbonyl (C=O) groups is 1. The minimum absolute atomic E-state index is 0.00604. The van der Waals surface area contributed by atoms with Crippen molar-refractivity contribution in [2.75, 3.05) is 0 Å². The number of alkyl halides is 3. The molecule has 0 fully saturated rings. The highest BCUT2D eigenvalue weighted by atomic mass is 35.5. The third-order valence-electron chi connectivity index (χ3n) is 6.53. The lowest BCUT2D eigenvalue weighted by Gasteiger charge is -2.28. The van der Waals surface area contributed by atoms with Crippen molar-refractivity contribution in [3.63, 3.8) is 0 Å². The summed E-state index contributed by atoms with van der Waals surface area (Å²) in [6.07, 6.45) is -4.61. The maximum Gasteiger partial charge on any atom is 0.396 e. The van der Waals surface area contributed by atoms with E-state index in [0.717, 1.165) is 12.1 Å². The Morgan fingerprint density at radius 1 is 0.944 bits per heavy atom. The first kappa shape index (κ1) is 25.5. The van der Waals surface area contributed by atoms with Crippen molar-refractivity contribution in [3.8, 4) is 11.1 Å². The number of benzene rings is 3. The molecule has 5 nitrogen and oxygen atoms in total. The van der Waals surface area contributed by atoms with E-state index in [9.17, 15) is 27.2 Å². The van der Waals surface area contributed by atoms with E-state index >= 15 is 0 Å². The van der Waals surface area contributed by atoms with Gasteiger partial charge in [-0.3, -0.25) is 9.13 Å². The van der Waals surface area contributed by atoms with Crippen molar-refractivity contribution in [2.45, 2.75) is 24.9 Å². The molecule has 0 amide bonds. The number of aromatic carboxylic acids is 1. The fourth-order valence-electron chi connectivity index (χ4n) is 4.60. The van der Waals surface area contributed by atoms with Crippen LogP contribution in [0.25, 0.3) is 22.2 Å².